The van der Waals surface area contributed by atoms with Gasteiger partial charge in [0.05, 0.1) is 26.3 Å². The van der Waals surface area contributed by atoms with Gasteiger partial charge in [0.15, 0.2) is 0 Å². The SMILES string of the molecule is Cn1ccc2cc(C(=O)N3CC4(C3)OCCC4COCc3ccncc3)ccc21.O=C(O)C(F)(F)F. The minimum absolute atomic E-state index is 0.0772. The number of rotatable bonds is 5. The molecule has 1 unspecified atom stereocenters. The predicted octanol–water partition coefficient (Wildman–Crippen LogP) is 3.65. The summed E-state index contributed by atoms with van der Waals surface area (Å²) < 4.78 is 45.8. The van der Waals surface area contributed by atoms with E-state index in [4.69, 9.17) is 19.4 Å². The lowest BCUT2D eigenvalue weighted by Gasteiger charge is -2.50. The van der Waals surface area contributed by atoms with Crippen molar-refractivity contribution in [3.63, 3.8) is 0 Å². The van der Waals surface area contributed by atoms with Crippen molar-refractivity contribution in [1.29, 1.82) is 0 Å². The molecule has 1 spiro atoms. The molecule has 3 aromatic rings. The fourth-order valence-electron chi connectivity index (χ4n) is 4.51. The van der Waals surface area contributed by atoms with E-state index in [9.17, 15) is 18.0 Å². The lowest BCUT2D eigenvalue weighted by molar-refractivity contribution is -0.192. The van der Waals surface area contributed by atoms with E-state index >= 15 is 0 Å². The number of amides is 1. The third-order valence-corrected chi connectivity index (χ3v) is 6.52. The van der Waals surface area contributed by atoms with Gasteiger partial charge in [-0.15, -0.1) is 0 Å². The molecule has 1 N–H and O–H groups in total. The molecule has 2 fully saturated rings. The normalized spacial score (nSPS) is 18.6. The molecule has 0 aliphatic carbocycles. The number of carboxylic acid groups (broad SMARTS) is 1. The molecule has 0 radical (unpaired) electrons. The maximum absolute atomic E-state index is 12.9. The van der Waals surface area contributed by atoms with Crippen LogP contribution in [-0.2, 0) is 27.9 Å². The zero-order valence-electron chi connectivity index (χ0n) is 19.6. The number of nitrogens with zero attached hydrogens (tertiary/aromatic N) is 3. The number of carbonyl (C=O) groups excluding carboxylic acids is 1. The largest absolute Gasteiger partial charge is 0.490 e. The zero-order chi connectivity index (χ0) is 25.9. The quantitative estimate of drug-likeness (QED) is 0.569. The van der Waals surface area contributed by atoms with Gasteiger partial charge >= 0.3 is 12.1 Å². The molecule has 11 heteroatoms. The van der Waals surface area contributed by atoms with Crippen LogP contribution in [0.1, 0.15) is 22.3 Å². The number of alkyl halides is 3. The Balaban J connectivity index is 0.000000384. The van der Waals surface area contributed by atoms with Crippen molar-refractivity contribution in [2.24, 2.45) is 13.0 Å². The van der Waals surface area contributed by atoms with Crippen LogP contribution < -0.4 is 0 Å². The Morgan fingerprint density at radius 1 is 1.19 bits per heavy atom. The van der Waals surface area contributed by atoms with Gasteiger partial charge in [-0.25, -0.2) is 4.79 Å². The van der Waals surface area contributed by atoms with Crippen molar-refractivity contribution in [3.05, 3.63) is 66.1 Å². The Bertz CT molecular complexity index is 1220. The van der Waals surface area contributed by atoms with Gasteiger partial charge in [0.1, 0.15) is 5.60 Å². The molecular weight excluding hydrogens is 479 g/mol. The number of pyridine rings is 1. The topological polar surface area (TPSA) is 93.9 Å². The number of fused-ring (bicyclic) bond motifs is 1. The number of carbonyl (C=O) groups is 2. The summed E-state index contributed by atoms with van der Waals surface area (Å²) in [5, 5.41) is 8.22. The summed E-state index contributed by atoms with van der Waals surface area (Å²) in [6.07, 6.45) is 1.47. The van der Waals surface area contributed by atoms with Gasteiger partial charge in [0, 0.05) is 54.6 Å². The van der Waals surface area contributed by atoms with Gasteiger partial charge in [-0.05, 0) is 48.4 Å². The summed E-state index contributed by atoms with van der Waals surface area (Å²) in [5.41, 5.74) is 2.74. The number of benzene rings is 1. The number of hydrogen-bond acceptors (Lipinski definition) is 5. The maximum Gasteiger partial charge on any atom is 0.490 e. The van der Waals surface area contributed by atoms with E-state index in [1.54, 1.807) is 12.4 Å². The van der Waals surface area contributed by atoms with E-state index < -0.39 is 12.1 Å². The van der Waals surface area contributed by atoms with Crippen LogP contribution in [0.25, 0.3) is 10.9 Å². The third kappa shape index (κ3) is 5.52. The van der Waals surface area contributed by atoms with Gasteiger partial charge in [-0.3, -0.25) is 9.78 Å². The monoisotopic (exact) mass is 505 g/mol. The number of aryl methyl sites for hydroxylation is 1. The number of carboxylic acids is 1. The Morgan fingerprint density at radius 2 is 1.89 bits per heavy atom. The lowest BCUT2D eigenvalue weighted by Crippen LogP contribution is -2.66. The van der Waals surface area contributed by atoms with Crippen LogP contribution in [0, 0.1) is 5.92 Å². The average Bonchev–Trinajstić information content (AvgIpc) is 3.41. The van der Waals surface area contributed by atoms with Crippen LogP contribution in [0.15, 0.2) is 55.0 Å². The first-order valence-electron chi connectivity index (χ1n) is 11.3. The zero-order valence-corrected chi connectivity index (χ0v) is 19.6. The van der Waals surface area contributed by atoms with Crippen LogP contribution in [0.4, 0.5) is 13.2 Å². The van der Waals surface area contributed by atoms with Gasteiger partial charge < -0.3 is 24.0 Å². The Hall–Kier alpha value is -3.44. The molecule has 0 bridgehead atoms. The second-order valence-corrected chi connectivity index (χ2v) is 8.93. The molecule has 1 amide bonds. The maximum atomic E-state index is 12.9. The van der Waals surface area contributed by atoms with Crippen molar-refractivity contribution in [1.82, 2.24) is 14.5 Å². The number of aliphatic carboxylic acids is 1. The fraction of sp³-hybridized carbons (Fsp3) is 0.400. The molecule has 2 aliphatic heterocycles. The molecular formula is C25H26F3N3O5. The van der Waals surface area contributed by atoms with Gasteiger partial charge in [-0.2, -0.15) is 13.2 Å². The summed E-state index contributed by atoms with van der Waals surface area (Å²) in [7, 11) is 2.01. The van der Waals surface area contributed by atoms with E-state index in [0.717, 1.165) is 35.1 Å². The highest BCUT2D eigenvalue weighted by Gasteiger charge is 2.54. The molecule has 2 aliphatic rings. The van der Waals surface area contributed by atoms with E-state index in [1.165, 1.54) is 0 Å². The predicted molar refractivity (Wildman–Crippen MR) is 123 cm³/mol. The van der Waals surface area contributed by atoms with Crippen molar-refractivity contribution < 1.29 is 37.3 Å². The highest BCUT2D eigenvalue weighted by molar-refractivity contribution is 5.98. The Kier molecular flexibility index (Phi) is 7.32. The molecule has 8 nitrogen and oxygen atoms in total. The Morgan fingerprint density at radius 3 is 2.56 bits per heavy atom. The van der Waals surface area contributed by atoms with Gasteiger partial charge in [0.2, 0.25) is 0 Å². The number of aromatic nitrogens is 2. The Labute approximate surface area is 205 Å². The third-order valence-electron chi connectivity index (χ3n) is 6.52. The number of ether oxygens (including phenoxy) is 2. The minimum atomic E-state index is -5.08. The van der Waals surface area contributed by atoms with Crippen LogP contribution in [0.2, 0.25) is 0 Å². The van der Waals surface area contributed by atoms with E-state index in [2.05, 4.69) is 9.55 Å². The first-order valence-corrected chi connectivity index (χ1v) is 11.3. The number of hydrogen-bond donors (Lipinski definition) is 1. The lowest BCUT2D eigenvalue weighted by atomic mass is 9.81. The number of halogens is 3. The van der Waals surface area contributed by atoms with E-state index in [0.29, 0.717) is 32.2 Å². The molecule has 1 atom stereocenters. The van der Waals surface area contributed by atoms with Crippen LogP contribution in [0.3, 0.4) is 0 Å². The van der Waals surface area contributed by atoms with Crippen molar-refractivity contribution >= 4 is 22.8 Å². The average molecular weight is 505 g/mol. The summed E-state index contributed by atoms with van der Waals surface area (Å²) in [4.78, 5) is 27.8. The summed E-state index contributed by atoms with van der Waals surface area (Å²) in [6, 6.07) is 11.9. The van der Waals surface area contributed by atoms with Crippen molar-refractivity contribution in [3.8, 4) is 0 Å². The second kappa shape index (κ2) is 10.3. The van der Waals surface area contributed by atoms with Crippen LogP contribution in [0.5, 0.6) is 0 Å². The highest BCUT2D eigenvalue weighted by Crippen LogP contribution is 2.40. The highest BCUT2D eigenvalue weighted by atomic mass is 19.4. The molecule has 0 saturated carbocycles. The molecule has 5 rings (SSSR count). The molecule has 2 aromatic heterocycles. The van der Waals surface area contributed by atoms with Crippen molar-refractivity contribution in [2.45, 2.75) is 24.8 Å². The molecule has 192 valence electrons. The fourth-order valence-corrected chi connectivity index (χ4v) is 4.51. The van der Waals surface area contributed by atoms with E-state index in [-0.39, 0.29) is 11.5 Å². The first kappa shape index (κ1) is 25.6. The molecule has 1 aromatic carbocycles. The number of likely N-dealkylation sites (tertiary alicyclic amines) is 1. The van der Waals surface area contributed by atoms with Gasteiger partial charge in [0.25, 0.3) is 5.91 Å². The minimum Gasteiger partial charge on any atom is -0.475 e. The molecule has 2 saturated heterocycles. The summed E-state index contributed by atoms with van der Waals surface area (Å²) in [5.74, 6) is -2.36. The second-order valence-electron chi connectivity index (χ2n) is 8.93. The smallest absolute Gasteiger partial charge is 0.475 e. The summed E-state index contributed by atoms with van der Waals surface area (Å²) >= 11 is 0. The van der Waals surface area contributed by atoms with Crippen LogP contribution >= 0.6 is 0 Å². The van der Waals surface area contributed by atoms with Crippen LogP contribution in [-0.4, -0.2) is 69.5 Å². The van der Waals surface area contributed by atoms with Crippen molar-refractivity contribution in [2.75, 3.05) is 26.3 Å². The van der Waals surface area contributed by atoms with Gasteiger partial charge in [-0.1, -0.05) is 0 Å². The molecule has 36 heavy (non-hydrogen) atoms. The first-order chi connectivity index (χ1) is 17.1. The summed E-state index contributed by atoms with van der Waals surface area (Å²) in [6.45, 7) is 3.25. The molecule has 4 heterocycles. The standard InChI is InChI=1S/C23H25N3O3.C2HF3O2/c1-25-10-6-18-12-19(2-3-21(18)25)22(27)26-15-23(16-26)20(7-11-29-23)14-28-13-17-4-8-24-9-5-17;3-2(4,5)1(6)7/h2-6,8-10,12,20H,7,11,13-16H2,1H3;(H,6,7). The van der Waals surface area contributed by atoms with E-state index in [1.807, 2.05) is 54.5 Å².